The van der Waals surface area contributed by atoms with Crippen LogP contribution in [0.4, 0.5) is 10.1 Å². The van der Waals surface area contributed by atoms with Crippen molar-refractivity contribution in [2.45, 2.75) is 19.3 Å². The summed E-state index contributed by atoms with van der Waals surface area (Å²) in [6, 6.07) is 3.90. The Bertz CT molecular complexity index is 530. The lowest BCUT2D eigenvalue weighted by Gasteiger charge is -2.26. The maximum atomic E-state index is 13.1. The van der Waals surface area contributed by atoms with Crippen LogP contribution in [0, 0.1) is 5.82 Å². The normalized spacial score (nSPS) is 17.7. The van der Waals surface area contributed by atoms with Crippen molar-refractivity contribution >= 4 is 31.8 Å². The van der Waals surface area contributed by atoms with Crippen molar-refractivity contribution in [1.82, 2.24) is 4.31 Å². The maximum absolute atomic E-state index is 13.1. The molecule has 0 aliphatic carbocycles. The molecule has 1 aromatic carbocycles. The molecule has 1 heterocycles. The first-order chi connectivity index (χ1) is 8.49. The molecule has 1 N–H and O–H groups in total. The molecule has 1 aromatic rings. The van der Waals surface area contributed by atoms with E-state index in [1.807, 2.05) is 0 Å². The SMILES string of the molecule is O=S(=O)(Nc1cc(F)ccc1Br)N1CCCCC1. The molecule has 2 rings (SSSR count). The van der Waals surface area contributed by atoms with Crippen LogP contribution in [0.5, 0.6) is 0 Å². The summed E-state index contributed by atoms with van der Waals surface area (Å²) >= 11 is 3.19. The van der Waals surface area contributed by atoms with Crippen LogP contribution >= 0.6 is 15.9 Å². The summed E-state index contributed by atoms with van der Waals surface area (Å²) in [4.78, 5) is 0. The number of halogens is 2. The Hall–Kier alpha value is -0.660. The Morgan fingerprint density at radius 2 is 1.89 bits per heavy atom. The third kappa shape index (κ3) is 3.21. The minimum Gasteiger partial charge on any atom is -0.270 e. The van der Waals surface area contributed by atoms with E-state index in [0.717, 1.165) is 25.3 Å². The fourth-order valence-corrected chi connectivity index (χ4v) is 3.68. The van der Waals surface area contributed by atoms with E-state index in [0.29, 0.717) is 17.6 Å². The molecular weight excluding hydrogens is 323 g/mol. The standard InChI is InChI=1S/C11H14BrFN2O2S/c12-10-5-4-9(13)8-11(10)14-18(16,17)15-6-2-1-3-7-15/h4-5,8,14H,1-3,6-7H2. The van der Waals surface area contributed by atoms with Crippen molar-refractivity contribution in [3.05, 3.63) is 28.5 Å². The Kier molecular flexibility index (Phi) is 4.24. The topological polar surface area (TPSA) is 49.4 Å². The van der Waals surface area contributed by atoms with E-state index >= 15 is 0 Å². The molecule has 1 aliphatic heterocycles. The van der Waals surface area contributed by atoms with E-state index < -0.39 is 16.0 Å². The van der Waals surface area contributed by atoms with Crippen molar-refractivity contribution in [1.29, 1.82) is 0 Å². The van der Waals surface area contributed by atoms with Gasteiger partial charge in [-0.15, -0.1) is 0 Å². The molecule has 7 heteroatoms. The first-order valence-corrected chi connectivity index (χ1v) is 7.95. The lowest BCUT2D eigenvalue weighted by Crippen LogP contribution is -2.39. The zero-order chi connectivity index (χ0) is 13.2. The van der Waals surface area contributed by atoms with Gasteiger partial charge in [-0.3, -0.25) is 4.72 Å². The second kappa shape index (κ2) is 5.54. The average Bonchev–Trinajstić information content (AvgIpc) is 2.35. The number of nitrogens with zero attached hydrogens (tertiary/aromatic N) is 1. The highest BCUT2D eigenvalue weighted by Crippen LogP contribution is 2.25. The zero-order valence-corrected chi connectivity index (χ0v) is 12.1. The molecule has 0 spiro atoms. The van der Waals surface area contributed by atoms with Crippen LogP contribution in [0.15, 0.2) is 22.7 Å². The van der Waals surface area contributed by atoms with E-state index in [4.69, 9.17) is 0 Å². The predicted molar refractivity (Wildman–Crippen MR) is 72.1 cm³/mol. The zero-order valence-electron chi connectivity index (χ0n) is 9.70. The number of hydrogen-bond acceptors (Lipinski definition) is 2. The maximum Gasteiger partial charge on any atom is 0.301 e. The minimum atomic E-state index is -3.59. The molecule has 18 heavy (non-hydrogen) atoms. The van der Waals surface area contributed by atoms with Gasteiger partial charge in [0, 0.05) is 17.6 Å². The van der Waals surface area contributed by atoms with Crippen molar-refractivity contribution in [2.75, 3.05) is 17.8 Å². The largest absolute Gasteiger partial charge is 0.301 e. The van der Waals surface area contributed by atoms with Crippen LogP contribution in [0.1, 0.15) is 19.3 Å². The van der Waals surface area contributed by atoms with E-state index in [2.05, 4.69) is 20.7 Å². The summed E-state index contributed by atoms with van der Waals surface area (Å²) in [6.45, 7) is 1.03. The van der Waals surface area contributed by atoms with Gasteiger partial charge in [0.1, 0.15) is 5.82 Å². The first-order valence-electron chi connectivity index (χ1n) is 5.72. The summed E-state index contributed by atoms with van der Waals surface area (Å²) in [7, 11) is -3.59. The molecule has 0 bridgehead atoms. The van der Waals surface area contributed by atoms with Gasteiger partial charge in [0.25, 0.3) is 0 Å². The summed E-state index contributed by atoms with van der Waals surface area (Å²) in [5.41, 5.74) is 0.223. The van der Waals surface area contributed by atoms with Gasteiger partial charge >= 0.3 is 10.2 Å². The monoisotopic (exact) mass is 336 g/mol. The number of piperidine rings is 1. The number of anilines is 1. The molecule has 0 atom stereocenters. The molecular formula is C11H14BrFN2O2S. The molecule has 0 aromatic heterocycles. The number of benzene rings is 1. The lowest BCUT2D eigenvalue weighted by atomic mass is 10.2. The van der Waals surface area contributed by atoms with Crippen molar-refractivity contribution in [3.8, 4) is 0 Å². The fraction of sp³-hybridized carbons (Fsp3) is 0.455. The van der Waals surface area contributed by atoms with Crippen LogP contribution in [-0.2, 0) is 10.2 Å². The minimum absolute atomic E-state index is 0.223. The molecule has 0 amide bonds. The van der Waals surface area contributed by atoms with Gasteiger partial charge in [0.15, 0.2) is 0 Å². The van der Waals surface area contributed by atoms with Gasteiger partial charge in [-0.1, -0.05) is 6.42 Å². The van der Waals surface area contributed by atoms with E-state index in [9.17, 15) is 12.8 Å². The van der Waals surface area contributed by atoms with Crippen LogP contribution < -0.4 is 4.72 Å². The molecule has 0 unspecified atom stereocenters. The molecule has 1 aliphatic rings. The van der Waals surface area contributed by atoms with Gasteiger partial charge in [-0.2, -0.15) is 12.7 Å². The van der Waals surface area contributed by atoms with Crippen molar-refractivity contribution in [2.24, 2.45) is 0 Å². The molecule has 4 nitrogen and oxygen atoms in total. The van der Waals surface area contributed by atoms with Gasteiger partial charge in [-0.05, 0) is 47.0 Å². The van der Waals surface area contributed by atoms with Gasteiger partial charge in [-0.25, -0.2) is 4.39 Å². The molecule has 100 valence electrons. The van der Waals surface area contributed by atoms with E-state index in [1.165, 1.54) is 16.4 Å². The molecule has 0 radical (unpaired) electrons. The quantitative estimate of drug-likeness (QED) is 0.922. The van der Waals surface area contributed by atoms with Crippen molar-refractivity contribution in [3.63, 3.8) is 0 Å². The number of hydrogen-bond donors (Lipinski definition) is 1. The first kappa shape index (κ1) is 13.8. The average molecular weight is 337 g/mol. The summed E-state index contributed by atoms with van der Waals surface area (Å²) in [6.07, 6.45) is 2.78. The van der Waals surface area contributed by atoms with Crippen molar-refractivity contribution < 1.29 is 12.8 Å². The van der Waals surface area contributed by atoms with Crippen LogP contribution in [0.2, 0.25) is 0 Å². The van der Waals surface area contributed by atoms with Crippen LogP contribution in [0.25, 0.3) is 0 Å². The second-order valence-corrected chi connectivity index (χ2v) is 6.72. The van der Waals surface area contributed by atoms with Gasteiger partial charge < -0.3 is 0 Å². The molecule has 0 saturated carbocycles. The summed E-state index contributed by atoms with van der Waals surface area (Å²) in [5, 5.41) is 0. The van der Waals surface area contributed by atoms with E-state index in [1.54, 1.807) is 0 Å². The van der Waals surface area contributed by atoms with E-state index in [-0.39, 0.29) is 5.69 Å². The lowest BCUT2D eigenvalue weighted by molar-refractivity contribution is 0.349. The fourth-order valence-electron chi connectivity index (χ4n) is 1.88. The highest BCUT2D eigenvalue weighted by atomic mass is 79.9. The molecule has 1 saturated heterocycles. The molecule has 1 fully saturated rings. The third-order valence-corrected chi connectivity index (χ3v) is 5.04. The highest BCUT2D eigenvalue weighted by Gasteiger charge is 2.24. The van der Waals surface area contributed by atoms with Crippen LogP contribution in [0.3, 0.4) is 0 Å². The summed E-state index contributed by atoms with van der Waals surface area (Å²) < 4.78 is 41.6. The third-order valence-electron chi connectivity index (χ3n) is 2.82. The second-order valence-electron chi connectivity index (χ2n) is 4.19. The summed E-state index contributed by atoms with van der Waals surface area (Å²) in [5.74, 6) is -0.477. The number of nitrogens with one attached hydrogen (secondary N) is 1. The van der Waals surface area contributed by atoms with Crippen LogP contribution in [-0.4, -0.2) is 25.8 Å². The Morgan fingerprint density at radius 3 is 2.56 bits per heavy atom. The Morgan fingerprint density at radius 1 is 1.22 bits per heavy atom. The van der Waals surface area contributed by atoms with Gasteiger partial charge in [0.05, 0.1) is 5.69 Å². The highest BCUT2D eigenvalue weighted by molar-refractivity contribution is 9.10. The smallest absolute Gasteiger partial charge is 0.270 e. The number of rotatable bonds is 3. The Balaban J connectivity index is 2.18. The van der Waals surface area contributed by atoms with Gasteiger partial charge in [0.2, 0.25) is 0 Å². The predicted octanol–water partition coefficient (Wildman–Crippen LogP) is 2.73. The Labute approximate surface area is 114 Å².